The lowest BCUT2D eigenvalue weighted by Gasteiger charge is -2.33. The first-order valence-electron chi connectivity index (χ1n) is 8.37. The number of aliphatic hydroxyl groups excluding tert-OH is 1. The second-order valence-electron chi connectivity index (χ2n) is 6.32. The standard InChI is InChI=1S/C16H27N3OS/c1-2-14-15(12-20)21-16(17-14)19-9-5-13(6-10-19)11-18-7-3-4-8-18/h13,20H,2-12H2,1H3. The number of aryl methyl sites for hydroxylation is 1. The van der Waals surface area contributed by atoms with Crippen molar-refractivity contribution in [2.24, 2.45) is 5.92 Å². The smallest absolute Gasteiger partial charge is 0.185 e. The Kier molecular flexibility index (Phi) is 5.14. The number of likely N-dealkylation sites (tertiary alicyclic amines) is 1. The maximum Gasteiger partial charge on any atom is 0.185 e. The van der Waals surface area contributed by atoms with E-state index >= 15 is 0 Å². The van der Waals surface area contributed by atoms with Gasteiger partial charge in [0.05, 0.1) is 17.2 Å². The lowest BCUT2D eigenvalue weighted by molar-refractivity contribution is 0.249. The zero-order valence-corrected chi connectivity index (χ0v) is 13.9. The number of anilines is 1. The minimum Gasteiger partial charge on any atom is -0.391 e. The van der Waals surface area contributed by atoms with E-state index in [-0.39, 0.29) is 6.61 Å². The number of thiazole rings is 1. The summed E-state index contributed by atoms with van der Waals surface area (Å²) < 4.78 is 0. The van der Waals surface area contributed by atoms with Crippen LogP contribution in [0.25, 0.3) is 0 Å². The highest BCUT2D eigenvalue weighted by molar-refractivity contribution is 7.15. The molecule has 0 spiro atoms. The molecule has 2 aliphatic heterocycles. The number of nitrogens with zero attached hydrogens (tertiary/aromatic N) is 3. The van der Waals surface area contributed by atoms with Crippen molar-refractivity contribution in [3.05, 3.63) is 10.6 Å². The molecule has 0 radical (unpaired) electrons. The summed E-state index contributed by atoms with van der Waals surface area (Å²) in [5.74, 6) is 0.863. The maximum absolute atomic E-state index is 9.41. The van der Waals surface area contributed by atoms with Gasteiger partial charge < -0.3 is 14.9 Å². The van der Waals surface area contributed by atoms with Gasteiger partial charge in [0.1, 0.15) is 0 Å². The van der Waals surface area contributed by atoms with Gasteiger partial charge in [0, 0.05) is 19.6 Å². The Hall–Kier alpha value is -0.650. The van der Waals surface area contributed by atoms with Gasteiger partial charge in [-0.3, -0.25) is 0 Å². The topological polar surface area (TPSA) is 39.6 Å². The van der Waals surface area contributed by atoms with Gasteiger partial charge in [0.25, 0.3) is 0 Å². The van der Waals surface area contributed by atoms with Crippen molar-refractivity contribution in [3.8, 4) is 0 Å². The number of rotatable bonds is 5. The van der Waals surface area contributed by atoms with E-state index in [4.69, 9.17) is 4.98 Å². The van der Waals surface area contributed by atoms with E-state index in [9.17, 15) is 5.11 Å². The zero-order chi connectivity index (χ0) is 14.7. The highest BCUT2D eigenvalue weighted by atomic mass is 32.1. The van der Waals surface area contributed by atoms with Gasteiger partial charge in [-0.15, -0.1) is 0 Å². The second-order valence-corrected chi connectivity index (χ2v) is 7.38. The summed E-state index contributed by atoms with van der Waals surface area (Å²) in [5, 5.41) is 10.5. The summed E-state index contributed by atoms with van der Waals surface area (Å²) in [5.41, 5.74) is 1.08. The monoisotopic (exact) mass is 309 g/mol. The van der Waals surface area contributed by atoms with E-state index in [2.05, 4.69) is 16.7 Å². The van der Waals surface area contributed by atoms with Crippen LogP contribution in [0.4, 0.5) is 5.13 Å². The molecule has 5 heteroatoms. The normalized spacial score (nSPS) is 21.3. The number of hydrogen-bond donors (Lipinski definition) is 1. The van der Waals surface area contributed by atoms with Crippen molar-refractivity contribution in [2.45, 2.75) is 45.6 Å². The van der Waals surface area contributed by atoms with Crippen molar-refractivity contribution in [3.63, 3.8) is 0 Å². The SMILES string of the molecule is CCc1nc(N2CCC(CN3CCCC3)CC2)sc1CO. The van der Waals surface area contributed by atoms with Crippen LogP contribution < -0.4 is 4.90 Å². The van der Waals surface area contributed by atoms with Crippen LogP contribution in [0.15, 0.2) is 0 Å². The fourth-order valence-corrected chi connectivity index (χ4v) is 4.60. The first kappa shape index (κ1) is 15.3. The quantitative estimate of drug-likeness (QED) is 0.907. The molecule has 2 fully saturated rings. The molecule has 3 heterocycles. The summed E-state index contributed by atoms with van der Waals surface area (Å²) in [7, 11) is 0. The minimum atomic E-state index is 0.131. The molecule has 0 aromatic carbocycles. The van der Waals surface area contributed by atoms with Crippen molar-refractivity contribution in [2.75, 3.05) is 37.6 Å². The fraction of sp³-hybridized carbons (Fsp3) is 0.812. The van der Waals surface area contributed by atoms with Crippen LogP contribution in [0.1, 0.15) is 43.2 Å². The van der Waals surface area contributed by atoms with E-state index in [1.165, 1.54) is 45.3 Å². The van der Waals surface area contributed by atoms with Gasteiger partial charge in [-0.1, -0.05) is 18.3 Å². The molecule has 0 atom stereocenters. The molecular formula is C16H27N3OS. The summed E-state index contributed by atoms with van der Waals surface area (Å²) in [4.78, 5) is 10.8. The molecule has 0 aliphatic carbocycles. The molecule has 21 heavy (non-hydrogen) atoms. The molecule has 3 rings (SSSR count). The summed E-state index contributed by atoms with van der Waals surface area (Å²) >= 11 is 1.68. The molecule has 0 amide bonds. The van der Waals surface area contributed by atoms with Gasteiger partial charge >= 0.3 is 0 Å². The van der Waals surface area contributed by atoms with Crippen LogP contribution in [-0.2, 0) is 13.0 Å². The predicted octanol–water partition coefficient (Wildman–Crippen LogP) is 2.51. The van der Waals surface area contributed by atoms with Crippen LogP contribution >= 0.6 is 11.3 Å². The van der Waals surface area contributed by atoms with Gasteiger partial charge in [0.15, 0.2) is 5.13 Å². The first-order valence-corrected chi connectivity index (χ1v) is 9.18. The molecule has 2 saturated heterocycles. The highest BCUT2D eigenvalue weighted by Gasteiger charge is 2.24. The number of aliphatic hydroxyl groups is 1. The van der Waals surface area contributed by atoms with Gasteiger partial charge in [0.2, 0.25) is 0 Å². The molecule has 1 aromatic rings. The average Bonchev–Trinajstić information content (AvgIpc) is 3.16. The van der Waals surface area contributed by atoms with Crippen LogP contribution in [0.2, 0.25) is 0 Å². The number of hydrogen-bond acceptors (Lipinski definition) is 5. The molecule has 0 saturated carbocycles. The van der Waals surface area contributed by atoms with E-state index in [0.29, 0.717) is 0 Å². The molecule has 4 nitrogen and oxygen atoms in total. The second kappa shape index (κ2) is 7.07. The van der Waals surface area contributed by atoms with Crippen LogP contribution in [0.5, 0.6) is 0 Å². The van der Waals surface area contributed by atoms with E-state index in [1.807, 2.05) is 0 Å². The van der Waals surface area contributed by atoms with Crippen LogP contribution in [-0.4, -0.2) is 47.7 Å². The highest BCUT2D eigenvalue weighted by Crippen LogP contribution is 2.30. The van der Waals surface area contributed by atoms with Crippen molar-refractivity contribution in [1.82, 2.24) is 9.88 Å². The minimum absolute atomic E-state index is 0.131. The molecule has 1 aromatic heterocycles. The zero-order valence-electron chi connectivity index (χ0n) is 13.1. The Morgan fingerprint density at radius 2 is 1.90 bits per heavy atom. The Balaban J connectivity index is 1.54. The van der Waals surface area contributed by atoms with Crippen LogP contribution in [0, 0.1) is 5.92 Å². The van der Waals surface area contributed by atoms with Crippen molar-refractivity contribution < 1.29 is 5.11 Å². The lowest BCUT2D eigenvalue weighted by atomic mass is 9.96. The Morgan fingerprint density at radius 1 is 1.19 bits per heavy atom. The fourth-order valence-electron chi connectivity index (χ4n) is 3.54. The maximum atomic E-state index is 9.41. The molecule has 0 unspecified atom stereocenters. The average molecular weight is 309 g/mol. The van der Waals surface area contributed by atoms with Gasteiger partial charge in [-0.2, -0.15) is 0 Å². The third kappa shape index (κ3) is 3.58. The van der Waals surface area contributed by atoms with Gasteiger partial charge in [-0.25, -0.2) is 4.98 Å². The third-order valence-corrected chi connectivity index (χ3v) is 5.99. The Bertz CT molecular complexity index is 427. The molecular weight excluding hydrogens is 282 g/mol. The van der Waals surface area contributed by atoms with Crippen molar-refractivity contribution >= 4 is 16.5 Å². The number of aromatic nitrogens is 1. The Labute approximate surface area is 131 Å². The molecule has 118 valence electrons. The summed E-state index contributed by atoms with van der Waals surface area (Å²) in [6.45, 7) is 8.42. The number of piperidine rings is 1. The first-order chi connectivity index (χ1) is 10.3. The van der Waals surface area contributed by atoms with E-state index in [0.717, 1.165) is 41.1 Å². The summed E-state index contributed by atoms with van der Waals surface area (Å²) in [6.07, 6.45) is 6.26. The van der Waals surface area contributed by atoms with E-state index < -0.39 is 0 Å². The Morgan fingerprint density at radius 3 is 2.48 bits per heavy atom. The third-order valence-electron chi connectivity index (χ3n) is 4.85. The van der Waals surface area contributed by atoms with Crippen LogP contribution in [0.3, 0.4) is 0 Å². The molecule has 2 aliphatic rings. The molecule has 0 bridgehead atoms. The van der Waals surface area contributed by atoms with Gasteiger partial charge in [-0.05, 0) is 51.1 Å². The largest absolute Gasteiger partial charge is 0.391 e. The van der Waals surface area contributed by atoms with Crippen molar-refractivity contribution in [1.29, 1.82) is 0 Å². The van der Waals surface area contributed by atoms with E-state index in [1.54, 1.807) is 11.3 Å². The molecule has 1 N–H and O–H groups in total. The predicted molar refractivity (Wildman–Crippen MR) is 88.0 cm³/mol. The lowest BCUT2D eigenvalue weighted by Crippen LogP contribution is -2.38. The summed E-state index contributed by atoms with van der Waals surface area (Å²) in [6, 6.07) is 0.